The molecule has 0 spiro atoms. The Morgan fingerprint density at radius 3 is 2.92 bits per heavy atom. The van der Waals surface area contributed by atoms with Gasteiger partial charge in [-0.2, -0.15) is 0 Å². The van der Waals surface area contributed by atoms with Crippen LogP contribution in [-0.2, 0) is 11.8 Å². The van der Waals surface area contributed by atoms with Gasteiger partial charge < -0.3 is 9.67 Å². The number of hydrogen-bond donors (Lipinski definition) is 1. The molecule has 1 aliphatic rings. The number of nitrogens with zero attached hydrogens (tertiary/aromatic N) is 1. The van der Waals surface area contributed by atoms with Crippen molar-refractivity contribution in [3.63, 3.8) is 0 Å². The summed E-state index contributed by atoms with van der Waals surface area (Å²) in [7, 11) is 1.95. The van der Waals surface area contributed by atoms with Crippen LogP contribution in [0, 0.1) is 5.92 Å². The lowest BCUT2D eigenvalue weighted by Crippen LogP contribution is -1.98. The molecule has 0 aromatic carbocycles. The van der Waals surface area contributed by atoms with E-state index in [9.17, 15) is 4.79 Å². The number of rotatable bonds is 2. The third-order valence-corrected chi connectivity index (χ3v) is 2.39. The lowest BCUT2D eigenvalue weighted by molar-refractivity contribution is -0.138. The van der Waals surface area contributed by atoms with Crippen LogP contribution in [0.4, 0.5) is 0 Å². The van der Waals surface area contributed by atoms with Crippen molar-refractivity contribution in [3.05, 3.63) is 24.0 Å². The Balaban J connectivity index is 2.10. The second-order valence-electron chi connectivity index (χ2n) is 3.40. The number of aromatic nitrogens is 1. The maximum Gasteiger partial charge on any atom is 0.307 e. The van der Waals surface area contributed by atoms with Gasteiger partial charge >= 0.3 is 5.97 Å². The molecule has 0 amide bonds. The minimum Gasteiger partial charge on any atom is -0.481 e. The van der Waals surface area contributed by atoms with Gasteiger partial charge in [-0.05, 0) is 24.0 Å². The fourth-order valence-corrected chi connectivity index (χ4v) is 1.58. The molecule has 0 radical (unpaired) electrons. The first-order valence-corrected chi connectivity index (χ1v) is 4.03. The average molecular weight is 165 g/mol. The van der Waals surface area contributed by atoms with Crippen LogP contribution < -0.4 is 0 Å². The molecule has 1 saturated carbocycles. The lowest BCUT2D eigenvalue weighted by Gasteiger charge is -1.90. The Labute approximate surface area is 70.6 Å². The van der Waals surface area contributed by atoms with Gasteiger partial charge in [0.25, 0.3) is 0 Å². The molecule has 2 atom stereocenters. The van der Waals surface area contributed by atoms with Crippen molar-refractivity contribution >= 4 is 5.97 Å². The highest BCUT2D eigenvalue weighted by Crippen LogP contribution is 2.47. The predicted molar refractivity (Wildman–Crippen MR) is 43.9 cm³/mol. The van der Waals surface area contributed by atoms with Crippen molar-refractivity contribution in [1.29, 1.82) is 0 Å². The van der Waals surface area contributed by atoms with E-state index in [0.717, 1.165) is 12.0 Å². The molecule has 1 N–H and O–H groups in total. The molecular formula is C9H11NO2. The molecule has 1 fully saturated rings. The van der Waals surface area contributed by atoms with E-state index in [1.807, 2.05) is 30.1 Å². The molecule has 0 unspecified atom stereocenters. The Morgan fingerprint density at radius 2 is 2.50 bits per heavy atom. The second-order valence-corrected chi connectivity index (χ2v) is 3.40. The van der Waals surface area contributed by atoms with E-state index >= 15 is 0 Å². The van der Waals surface area contributed by atoms with Gasteiger partial charge in [0, 0.05) is 19.4 Å². The molecule has 1 heterocycles. The Bertz CT molecular complexity index is 316. The van der Waals surface area contributed by atoms with Crippen LogP contribution >= 0.6 is 0 Å². The van der Waals surface area contributed by atoms with Gasteiger partial charge in [-0.25, -0.2) is 0 Å². The van der Waals surface area contributed by atoms with Gasteiger partial charge in [0.2, 0.25) is 0 Å². The molecule has 1 aliphatic carbocycles. The van der Waals surface area contributed by atoms with E-state index in [2.05, 4.69) is 0 Å². The summed E-state index contributed by atoms with van der Waals surface area (Å²) < 4.78 is 1.95. The van der Waals surface area contributed by atoms with E-state index in [1.54, 1.807) is 0 Å². The summed E-state index contributed by atoms with van der Waals surface area (Å²) in [5.41, 5.74) is 1.16. The van der Waals surface area contributed by atoms with Gasteiger partial charge in [0.1, 0.15) is 0 Å². The molecule has 0 saturated heterocycles. The SMILES string of the molecule is Cn1ccc([C@@H]2C[C@H]2C(=O)O)c1. The first-order chi connectivity index (χ1) is 5.68. The predicted octanol–water partition coefficient (Wildman–Crippen LogP) is 1.21. The summed E-state index contributed by atoms with van der Waals surface area (Å²) >= 11 is 0. The van der Waals surface area contributed by atoms with Crippen molar-refractivity contribution < 1.29 is 9.90 Å². The summed E-state index contributed by atoms with van der Waals surface area (Å²) in [5, 5.41) is 8.68. The normalized spacial score (nSPS) is 27.1. The van der Waals surface area contributed by atoms with Crippen LogP contribution in [0.1, 0.15) is 17.9 Å². The van der Waals surface area contributed by atoms with Crippen LogP contribution in [0.3, 0.4) is 0 Å². The summed E-state index contributed by atoms with van der Waals surface area (Å²) in [6, 6.07) is 1.99. The molecule has 64 valence electrons. The van der Waals surface area contributed by atoms with E-state index in [-0.39, 0.29) is 11.8 Å². The molecule has 3 heteroatoms. The standard InChI is InChI=1S/C9H11NO2/c1-10-3-2-6(5-10)7-4-8(7)9(11)12/h2-3,5,7-8H,4H2,1H3,(H,11,12)/t7-,8+/m0/s1. The zero-order chi connectivity index (χ0) is 8.72. The van der Waals surface area contributed by atoms with E-state index < -0.39 is 5.97 Å². The van der Waals surface area contributed by atoms with Gasteiger partial charge in [0.05, 0.1) is 5.92 Å². The third kappa shape index (κ3) is 1.11. The van der Waals surface area contributed by atoms with E-state index in [0.29, 0.717) is 0 Å². The van der Waals surface area contributed by atoms with Crippen LogP contribution in [0.15, 0.2) is 18.5 Å². The highest BCUT2D eigenvalue weighted by atomic mass is 16.4. The number of aryl methyl sites for hydroxylation is 1. The van der Waals surface area contributed by atoms with E-state index in [1.165, 1.54) is 0 Å². The summed E-state index contributed by atoms with van der Waals surface area (Å²) in [5.74, 6) is -0.528. The second kappa shape index (κ2) is 2.37. The van der Waals surface area contributed by atoms with Crippen molar-refractivity contribution in [2.24, 2.45) is 13.0 Å². The fraction of sp³-hybridized carbons (Fsp3) is 0.444. The molecule has 0 bridgehead atoms. The number of carboxylic acids is 1. The number of carboxylic acid groups (broad SMARTS) is 1. The molecule has 1 aromatic rings. The minimum atomic E-state index is -0.663. The van der Waals surface area contributed by atoms with Gasteiger partial charge in [0.15, 0.2) is 0 Å². The highest BCUT2D eigenvalue weighted by molar-refractivity contribution is 5.75. The first-order valence-electron chi connectivity index (χ1n) is 4.03. The Hall–Kier alpha value is -1.25. The van der Waals surface area contributed by atoms with Crippen LogP contribution in [0.5, 0.6) is 0 Å². The molecule has 12 heavy (non-hydrogen) atoms. The van der Waals surface area contributed by atoms with Crippen LogP contribution in [0.2, 0.25) is 0 Å². The van der Waals surface area contributed by atoms with Crippen molar-refractivity contribution in [1.82, 2.24) is 4.57 Å². The van der Waals surface area contributed by atoms with Crippen LogP contribution in [0.25, 0.3) is 0 Å². The highest BCUT2D eigenvalue weighted by Gasteiger charge is 2.44. The van der Waals surface area contributed by atoms with Crippen LogP contribution in [-0.4, -0.2) is 15.6 Å². The largest absolute Gasteiger partial charge is 0.481 e. The minimum absolute atomic E-state index is 0.132. The molecular weight excluding hydrogens is 154 g/mol. The smallest absolute Gasteiger partial charge is 0.307 e. The maximum absolute atomic E-state index is 10.5. The topological polar surface area (TPSA) is 42.2 Å². The van der Waals surface area contributed by atoms with Gasteiger partial charge in [-0.15, -0.1) is 0 Å². The molecule has 3 nitrogen and oxygen atoms in total. The lowest BCUT2D eigenvalue weighted by atomic mass is 10.2. The zero-order valence-electron chi connectivity index (χ0n) is 6.90. The molecule has 2 rings (SSSR count). The third-order valence-electron chi connectivity index (χ3n) is 2.39. The first kappa shape index (κ1) is 7.40. The van der Waals surface area contributed by atoms with Crippen molar-refractivity contribution in [2.45, 2.75) is 12.3 Å². The Kier molecular flexibility index (Phi) is 1.46. The number of carbonyl (C=O) groups is 1. The number of hydrogen-bond acceptors (Lipinski definition) is 1. The quantitative estimate of drug-likeness (QED) is 0.715. The van der Waals surface area contributed by atoms with Gasteiger partial charge in [-0.1, -0.05) is 0 Å². The van der Waals surface area contributed by atoms with E-state index in [4.69, 9.17) is 5.11 Å². The summed E-state index contributed by atoms with van der Waals surface area (Å²) in [4.78, 5) is 10.5. The monoisotopic (exact) mass is 165 g/mol. The zero-order valence-corrected chi connectivity index (χ0v) is 6.90. The molecule has 0 aliphatic heterocycles. The van der Waals surface area contributed by atoms with Gasteiger partial charge in [-0.3, -0.25) is 4.79 Å². The van der Waals surface area contributed by atoms with Crippen molar-refractivity contribution in [2.75, 3.05) is 0 Å². The Morgan fingerprint density at radius 1 is 1.75 bits per heavy atom. The fourth-order valence-electron chi connectivity index (χ4n) is 1.58. The molecule has 1 aromatic heterocycles. The summed E-state index contributed by atoms with van der Waals surface area (Å²) in [6.07, 6.45) is 4.75. The average Bonchev–Trinajstić information content (AvgIpc) is 2.70. The number of aliphatic carboxylic acids is 1. The van der Waals surface area contributed by atoms with Crippen molar-refractivity contribution in [3.8, 4) is 0 Å². The summed E-state index contributed by atoms with van der Waals surface area (Å²) in [6.45, 7) is 0. The maximum atomic E-state index is 10.5.